The van der Waals surface area contributed by atoms with Gasteiger partial charge in [-0.3, -0.25) is 0 Å². The molecule has 14 heavy (non-hydrogen) atoms. The van der Waals surface area contributed by atoms with E-state index >= 15 is 0 Å². The molecule has 0 aliphatic rings. The van der Waals surface area contributed by atoms with Crippen LogP contribution in [0.15, 0.2) is 22.7 Å². The van der Waals surface area contributed by atoms with Crippen molar-refractivity contribution in [3.8, 4) is 0 Å². The monoisotopic (exact) mass is 259 g/mol. The predicted octanol–water partition coefficient (Wildman–Crippen LogP) is 3.13. The molecule has 1 aromatic rings. The highest BCUT2D eigenvalue weighted by Crippen LogP contribution is 2.15. The topological polar surface area (TPSA) is 12.0 Å². The minimum atomic E-state index is -0.169. The summed E-state index contributed by atoms with van der Waals surface area (Å²) in [5, 5.41) is 3.24. The molecule has 0 aliphatic heterocycles. The molecule has 0 atom stereocenters. The van der Waals surface area contributed by atoms with Gasteiger partial charge in [-0.25, -0.2) is 4.39 Å². The zero-order chi connectivity index (χ0) is 10.4. The van der Waals surface area contributed by atoms with Gasteiger partial charge in [0, 0.05) is 4.47 Å². The standard InChI is InChI=1S/C11H15BrFN/c1-2-14-5-3-4-9-6-10(12)8-11(13)7-9/h6-8,14H,2-5H2,1H3. The summed E-state index contributed by atoms with van der Waals surface area (Å²) < 4.78 is 13.8. The van der Waals surface area contributed by atoms with Crippen molar-refractivity contribution in [2.45, 2.75) is 19.8 Å². The van der Waals surface area contributed by atoms with E-state index in [1.54, 1.807) is 6.07 Å². The molecule has 0 heterocycles. The van der Waals surface area contributed by atoms with E-state index in [0.29, 0.717) is 0 Å². The van der Waals surface area contributed by atoms with E-state index in [2.05, 4.69) is 28.2 Å². The Hall–Kier alpha value is -0.410. The average Bonchev–Trinajstić information content (AvgIpc) is 2.11. The van der Waals surface area contributed by atoms with Gasteiger partial charge in [-0.1, -0.05) is 22.9 Å². The van der Waals surface area contributed by atoms with Gasteiger partial charge in [0.1, 0.15) is 5.82 Å². The van der Waals surface area contributed by atoms with Crippen LogP contribution in [0.1, 0.15) is 18.9 Å². The van der Waals surface area contributed by atoms with Gasteiger partial charge in [-0.2, -0.15) is 0 Å². The Morgan fingerprint density at radius 1 is 1.36 bits per heavy atom. The van der Waals surface area contributed by atoms with Crippen molar-refractivity contribution in [3.63, 3.8) is 0 Å². The van der Waals surface area contributed by atoms with Crippen molar-refractivity contribution in [1.29, 1.82) is 0 Å². The number of nitrogens with one attached hydrogen (secondary N) is 1. The van der Waals surface area contributed by atoms with Gasteiger partial charge >= 0.3 is 0 Å². The normalized spacial score (nSPS) is 10.5. The number of hydrogen-bond donors (Lipinski definition) is 1. The molecule has 0 spiro atoms. The van der Waals surface area contributed by atoms with Gasteiger partial charge in [0.25, 0.3) is 0 Å². The second-order valence-electron chi connectivity index (χ2n) is 3.23. The van der Waals surface area contributed by atoms with Crippen LogP contribution in [-0.2, 0) is 6.42 Å². The molecule has 1 nitrogen and oxygen atoms in total. The predicted molar refractivity (Wildman–Crippen MR) is 61.0 cm³/mol. The first-order chi connectivity index (χ1) is 6.72. The molecule has 0 saturated heterocycles. The van der Waals surface area contributed by atoms with Crippen molar-refractivity contribution < 1.29 is 4.39 Å². The number of halogens is 2. The molecule has 0 aromatic heterocycles. The van der Waals surface area contributed by atoms with E-state index < -0.39 is 0 Å². The largest absolute Gasteiger partial charge is 0.317 e. The van der Waals surface area contributed by atoms with Crippen molar-refractivity contribution in [1.82, 2.24) is 5.32 Å². The molecule has 0 aliphatic carbocycles. The van der Waals surface area contributed by atoms with Gasteiger partial charge in [0.2, 0.25) is 0 Å². The van der Waals surface area contributed by atoms with E-state index in [1.807, 2.05) is 6.07 Å². The molecule has 0 amide bonds. The van der Waals surface area contributed by atoms with Gasteiger partial charge in [-0.05, 0) is 49.7 Å². The van der Waals surface area contributed by atoms with E-state index in [9.17, 15) is 4.39 Å². The quantitative estimate of drug-likeness (QED) is 0.802. The second kappa shape index (κ2) is 6.14. The molecule has 1 N–H and O–H groups in total. The van der Waals surface area contributed by atoms with Crippen LogP contribution < -0.4 is 5.32 Å². The lowest BCUT2D eigenvalue weighted by Crippen LogP contribution is -2.14. The van der Waals surface area contributed by atoms with Crippen LogP contribution in [-0.4, -0.2) is 13.1 Å². The highest BCUT2D eigenvalue weighted by atomic mass is 79.9. The van der Waals surface area contributed by atoms with Crippen molar-refractivity contribution in [2.75, 3.05) is 13.1 Å². The second-order valence-corrected chi connectivity index (χ2v) is 4.15. The number of rotatable bonds is 5. The minimum absolute atomic E-state index is 0.169. The van der Waals surface area contributed by atoms with Crippen molar-refractivity contribution in [3.05, 3.63) is 34.1 Å². The fourth-order valence-corrected chi connectivity index (χ4v) is 1.86. The summed E-state index contributed by atoms with van der Waals surface area (Å²) in [6, 6.07) is 5.04. The summed E-state index contributed by atoms with van der Waals surface area (Å²) in [4.78, 5) is 0. The molecule has 0 fully saturated rings. The first-order valence-electron chi connectivity index (χ1n) is 4.88. The zero-order valence-electron chi connectivity index (χ0n) is 8.32. The van der Waals surface area contributed by atoms with Gasteiger partial charge < -0.3 is 5.32 Å². The maximum Gasteiger partial charge on any atom is 0.124 e. The molecule has 78 valence electrons. The van der Waals surface area contributed by atoms with Crippen LogP contribution in [0.25, 0.3) is 0 Å². The van der Waals surface area contributed by atoms with Crippen LogP contribution >= 0.6 is 15.9 Å². The number of benzene rings is 1. The summed E-state index contributed by atoms with van der Waals surface area (Å²) in [5.41, 5.74) is 1.05. The fraction of sp³-hybridized carbons (Fsp3) is 0.455. The van der Waals surface area contributed by atoms with Crippen LogP contribution in [0.2, 0.25) is 0 Å². The SMILES string of the molecule is CCNCCCc1cc(F)cc(Br)c1. The minimum Gasteiger partial charge on any atom is -0.317 e. The van der Waals surface area contributed by atoms with Gasteiger partial charge in [0.15, 0.2) is 0 Å². The summed E-state index contributed by atoms with van der Waals surface area (Å²) in [6.07, 6.45) is 1.97. The van der Waals surface area contributed by atoms with Crippen molar-refractivity contribution >= 4 is 15.9 Å². The van der Waals surface area contributed by atoms with Crippen LogP contribution in [0.5, 0.6) is 0 Å². The van der Waals surface area contributed by atoms with E-state index in [-0.39, 0.29) is 5.82 Å². The Kier molecular flexibility index (Phi) is 5.12. The van der Waals surface area contributed by atoms with E-state index in [4.69, 9.17) is 0 Å². The molecular formula is C11H15BrFN. The molecular weight excluding hydrogens is 245 g/mol. The van der Waals surface area contributed by atoms with Crippen LogP contribution in [0.3, 0.4) is 0 Å². The summed E-state index contributed by atoms with van der Waals surface area (Å²) in [5.74, 6) is -0.169. The Morgan fingerprint density at radius 2 is 2.14 bits per heavy atom. The fourth-order valence-electron chi connectivity index (χ4n) is 1.35. The van der Waals surface area contributed by atoms with Gasteiger partial charge in [-0.15, -0.1) is 0 Å². The maximum absolute atomic E-state index is 13.0. The third kappa shape index (κ3) is 4.20. The lowest BCUT2D eigenvalue weighted by molar-refractivity contribution is 0.621. The summed E-state index contributed by atoms with van der Waals surface area (Å²) in [7, 11) is 0. The first-order valence-corrected chi connectivity index (χ1v) is 5.67. The molecule has 1 rings (SSSR count). The first kappa shape index (κ1) is 11.7. The van der Waals surface area contributed by atoms with Crippen molar-refractivity contribution in [2.24, 2.45) is 0 Å². The number of aryl methyl sites for hydroxylation is 1. The summed E-state index contributed by atoms with van der Waals surface area (Å²) >= 11 is 3.28. The summed E-state index contributed by atoms with van der Waals surface area (Å²) in [6.45, 7) is 4.07. The zero-order valence-corrected chi connectivity index (χ0v) is 9.90. The van der Waals surface area contributed by atoms with Crippen LogP contribution in [0, 0.1) is 5.82 Å². The Morgan fingerprint density at radius 3 is 2.79 bits per heavy atom. The molecule has 1 aromatic carbocycles. The molecule has 0 unspecified atom stereocenters. The van der Waals surface area contributed by atoms with Gasteiger partial charge in [0.05, 0.1) is 0 Å². The molecule has 3 heteroatoms. The Labute approximate surface area is 92.8 Å². The van der Waals surface area contributed by atoms with E-state index in [0.717, 1.165) is 36.0 Å². The maximum atomic E-state index is 13.0. The lowest BCUT2D eigenvalue weighted by Gasteiger charge is -2.03. The Bertz CT molecular complexity index is 268. The average molecular weight is 260 g/mol. The highest BCUT2D eigenvalue weighted by Gasteiger charge is 1.98. The molecule has 0 radical (unpaired) electrons. The van der Waals surface area contributed by atoms with E-state index in [1.165, 1.54) is 6.07 Å². The molecule has 0 bridgehead atoms. The Balaban J connectivity index is 2.42. The highest BCUT2D eigenvalue weighted by molar-refractivity contribution is 9.10. The number of hydrogen-bond acceptors (Lipinski definition) is 1. The smallest absolute Gasteiger partial charge is 0.124 e. The third-order valence-electron chi connectivity index (χ3n) is 1.99. The lowest BCUT2D eigenvalue weighted by atomic mass is 10.1. The third-order valence-corrected chi connectivity index (χ3v) is 2.45. The molecule has 0 saturated carbocycles. The van der Waals surface area contributed by atoms with Crippen LogP contribution in [0.4, 0.5) is 4.39 Å².